The lowest BCUT2D eigenvalue weighted by Crippen LogP contribution is -2.42. The molecule has 0 saturated carbocycles. The summed E-state index contributed by atoms with van der Waals surface area (Å²) in [6.45, 7) is 1.60. The van der Waals surface area contributed by atoms with Gasteiger partial charge < -0.3 is 16.0 Å². The number of fused-ring (bicyclic) bond motifs is 1. The van der Waals surface area contributed by atoms with Crippen molar-refractivity contribution in [1.29, 1.82) is 0 Å². The minimum absolute atomic E-state index is 0.0162. The van der Waals surface area contributed by atoms with Gasteiger partial charge in [-0.05, 0) is 31.0 Å². The third kappa shape index (κ3) is 2.61. The molecule has 0 bridgehead atoms. The second kappa shape index (κ2) is 5.55. The van der Waals surface area contributed by atoms with E-state index >= 15 is 0 Å². The zero-order valence-electron chi connectivity index (χ0n) is 12.0. The first-order valence-corrected chi connectivity index (χ1v) is 7.16. The highest BCUT2D eigenvalue weighted by Crippen LogP contribution is 2.28. The van der Waals surface area contributed by atoms with Crippen molar-refractivity contribution < 1.29 is 4.79 Å². The lowest BCUT2D eigenvalue weighted by Gasteiger charge is -2.33. The molecule has 0 spiro atoms. The second-order valence-electron chi connectivity index (χ2n) is 5.37. The normalized spacial score (nSPS) is 18.7. The molecule has 6 nitrogen and oxygen atoms in total. The molecule has 3 N–H and O–H groups in total. The molecule has 1 saturated heterocycles. The molecular formula is C15H19N5O. The molecule has 1 aromatic heterocycles. The number of anilines is 2. The number of hydrogen-bond donors (Lipinski definition) is 2. The first kappa shape index (κ1) is 13.6. The van der Waals surface area contributed by atoms with Crippen molar-refractivity contribution in [2.45, 2.75) is 12.8 Å². The Bertz CT molecular complexity index is 672. The van der Waals surface area contributed by atoms with Crippen LogP contribution in [-0.4, -0.2) is 36.0 Å². The van der Waals surface area contributed by atoms with Gasteiger partial charge in [0.1, 0.15) is 12.1 Å². The van der Waals surface area contributed by atoms with Crippen molar-refractivity contribution in [3.8, 4) is 0 Å². The summed E-state index contributed by atoms with van der Waals surface area (Å²) in [5, 5.41) is 3.71. The van der Waals surface area contributed by atoms with Crippen molar-refractivity contribution in [1.82, 2.24) is 15.3 Å². The van der Waals surface area contributed by atoms with Crippen LogP contribution in [0.2, 0.25) is 0 Å². The molecular weight excluding hydrogens is 266 g/mol. The number of nitrogens with two attached hydrogens (primary N) is 1. The van der Waals surface area contributed by atoms with Crippen LogP contribution in [0.1, 0.15) is 12.8 Å². The molecule has 0 aliphatic carbocycles. The van der Waals surface area contributed by atoms with Gasteiger partial charge in [-0.3, -0.25) is 4.79 Å². The van der Waals surface area contributed by atoms with Gasteiger partial charge >= 0.3 is 0 Å². The van der Waals surface area contributed by atoms with Gasteiger partial charge in [0.15, 0.2) is 0 Å². The van der Waals surface area contributed by atoms with Crippen LogP contribution in [0.4, 0.5) is 11.5 Å². The lowest BCUT2D eigenvalue weighted by molar-refractivity contribution is -0.124. The predicted octanol–water partition coefficient (Wildman–Crippen LogP) is 1.17. The van der Waals surface area contributed by atoms with Gasteiger partial charge in [0.2, 0.25) is 5.91 Å². The van der Waals surface area contributed by atoms with Crippen LogP contribution in [0.5, 0.6) is 0 Å². The van der Waals surface area contributed by atoms with Gasteiger partial charge in [-0.2, -0.15) is 0 Å². The Morgan fingerprint density at radius 1 is 1.43 bits per heavy atom. The molecule has 1 atom stereocenters. The SMILES string of the molecule is CNC(=O)C1CCCN(c2ncnc3cc(N)ccc23)C1. The third-order valence-electron chi connectivity index (χ3n) is 3.98. The minimum Gasteiger partial charge on any atom is -0.399 e. The highest BCUT2D eigenvalue weighted by molar-refractivity contribution is 5.91. The third-order valence-corrected chi connectivity index (χ3v) is 3.98. The number of hydrogen-bond acceptors (Lipinski definition) is 5. The predicted molar refractivity (Wildman–Crippen MR) is 83.0 cm³/mol. The number of carbonyl (C=O) groups is 1. The average Bonchev–Trinajstić information content (AvgIpc) is 2.53. The van der Waals surface area contributed by atoms with Crippen LogP contribution in [0.25, 0.3) is 10.9 Å². The van der Waals surface area contributed by atoms with Crippen molar-refractivity contribution in [3.63, 3.8) is 0 Å². The largest absolute Gasteiger partial charge is 0.399 e. The van der Waals surface area contributed by atoms with Gasteiger partial charge in [-0.25, -0.2) is 9.97 Å². The summed E-state index contributed by atoms with van der Waals surface area (Å²) < 4.78 is 0. The molecule has 1 aliphatic rings. The molecule has 6 heteroatoms. The summed E-state index contributed by atoms with van der Waals surface area (Å²) in [4.78, 5) is 22.7. The standard InChI is InChI=1S/C15H19N5O/c1-17-15(21)10-3-2-6-20(8-10)14-12-5-4-11(16)7-13(12)18-9-19-14/h4-5,7,9-10H,2-3,6,8,16H2,1H3,(H,17,21). The van der Waals surface area contributed by atoms with Crippen LogP contribution in [-0.2, 0) is 4.79 Å². The number of aromatic nitrogens is 2. The van der Waals surface area contributed by atoms with E-state index in [0.717, 1.165) is 36.1 Å². The Morgan fingerprint density at radius 3 is 3.10 bits per heavy atom. The number of benzene rings is 1. The number of amides is 1. The summed E-state index contributed by atoms with van der Waals surface area (Å²) in [5.41, 5.74) is 7.33. The van der Waals surface area contributed by atoms with Crippen LogP contribution < -0.4 is 16.0 Å². The van der Waals surface area contributed by atoms with Crippen LogP contribution in [0, 0.1) is 5.92 Å². The Kier molecular flexibility index (Phi) is 3.60. The van der Waals surface area contributed by atoms with Crippen LogP contribution in [0.3, 0.4) is 0 Å². The molecule has 2 heterocycles. The fraction of sp³-hybridized carbons (Fsp3) is 0.400. The van der Waals surface area contributed by atoms with Crippen molar-refractivity contribution in [3.05, 3.63) is 24.5 Å². The average molecular weight is 285 g/mol. The highest BCUT2D eigenvalue weighted by atomic mass is 16.1. The number of carbonyl (C=O) groups excluding carboxylic acids is 1. The maximum atomic E-state index is 11.9. The summed E-state index contributed by atoms with van der Waals surface area (Å²) in [6, 6.07) is 5.65. The Hall–Kier alpha value is -2.37. The van der Waals surface area contributed by atoms with Crippen molar-refractivity contribution in [2.75, 3.05) is 30.8 Å². The second-order valence-corrected chi connectivity index (χ2v) is 5.37. The Balaban J connectivity index is 1.94. The van der Waals surface area contributed by atoms with E-state index in [1.807, 2.05) is 18.2 Å². The van der Waals surface area contributed by atoms with Crippen molar-refractivity contribution in [2.24, 2.45) is 5.92 Å². The van der Waals surface area contributed by atoms with E-state index in [4.69, 9.17) is 5.73 Å². The molecule has 0 radical (unpaired) electrons. The summed E-state index contributed by atoms with van der Waals surface area (Å²) in [5.74, 6) is 0.999. The summed E-state index contributed by atoms with van der Waals surface area (Å²) in [6.07, 6.45) is 3.46. The number of nitrogen functional groups attached to an aromatic ring is 1. The van der Waals surface area contributed by atoms with Gasteiger partial charge in [-0.15, -0.1) is 0 Å². The van der Waals surface area contributed by atoms with E-state index in [1.54, 1.807) is 13.4 Å². The molecule has 110 valence electrons. The van der Waals surface area contributed by atoms with E-state index in [1.165, 1.54) is 0 Å². The molecule has 1 unspecified atom stereocenters. The quantitative estimate of drug-likeness (QED) is 0.809. The monoisotopic (exact) mass is 285 g/mol. The van der Waals surface area contributed by atoms with Crippen LogP contribution in [0.15, 0.2) is 24.5 Å². The number of nitrogens with zero attached hydrogens (tertiary/aromatic N) is 3. The maximum absolute atomic E-state index is 11.9. The van der Waals surface area contributed by atoms with Gasteiger partial charge in [0.05, 0.1) is 11.4 Å². The zero-order valence-corrected chi connectivity index (χ0v) is 12.0. The Morgan fingerprint density at radius 2 is 2.29 bits per heavy atom. The topological polar surface area (TPSA) is 84.1 Å². The maximum Gasteiger partial charge on any atom is 0.224 e. The molecule has 1 amide bonds. The number of rotatable bonds is 2. The zero-order chi connectivity index (χ0) is 14.8. The lowest BCUT2D eigenvalue weighted by atomic mass is 9.97. The summed E-state index contributed by atoms with van der Waals surface area (Å²) in [7, 11) is 1.68. The van der Waals surface area contributed by atoms with E-state index in [2.05, 4.69) is 20.2 Å². The van der Waals surface area contributed by atoms with E-state index < -0.39 is 0 Å². The van der Waals surface area contributed by atoms with Gasteiger partial charge in [0, 0.05) is 31.2 Å². The molecule has 1 fully saturated rings. The van der Waals surface area contributed by atoms with Gasteiger partial charge in [0.25, 0.3) is 0 Å². The number of nitrogens with one attached hydrogen (secondary N) is 1. The highest BCUT2D eigenvalue weighted by Gasteiger charge is 2.26. The van der Waals surface area contributed by atoms with Gasteiger partial charge in [-0.1, -0.05) is 0 Å². The summed E-state index contributed by atoms with van der Waals surface area (Å²) >= 11 is 0. The minimum atomic E-state index is 0.0162. The fourth-order valence-electron chi connectivity index (χ4n) is 2.90. The Labute approximate surface area is 123 Å². The smallest absolute Gasteiger partial charge is 0.224 e. The van der Waals surface area contributed by atoms with E-state index in [-0.39, 0.29) is 11.8 Å². The first-order valence-electron chi connectivity index (χ1n) is 7.16. The first-order chi connectivity index (χ1) is 10.2. The van der Waals surface area contributed by atoms with Crippen LogP contribution >= 0.6 is 0 Å². The van der Waals surface area contributed by atoms with Crippen molar-refractivity contribution >= 4 is 28.3 Å². The molecule has 3 rings (SSSR count). The number of piperidine rings is 1. The molecule has 21 heavy (non-hydrogen) atoms. The molecule has 1 aliphatic heterocycles. The molecule has 2 aromatic rings. The molecule has 1 aromatic carbocycles. The van der Waals surface area contributed by atoms with E-state index in [9.17, 15) is 4.79 Å². The van der Waals surface area contributed by atoms with E-state index in [0.29, 0.717) is 12.2 Å². The fourth-order valence-corrected chi connectivity index (χ4v) is 2.90.